The number of hydrogen-bond donors (Lipinski definition) is 1. The van der Waals surface area contributed by atoms with Crippen LogP contribution in [0.15, 0.2) is 85.2 Å². The number of amides is 1. The second-order valence-corrected chi connectivity index (χ2v) is 6.40. The Bertz CT molecular complexity index is 1060. The van der Waals surface area contributed by atoms with Gasteiger partial charge < -0.3 is 10.1 Å². The number of benzene rings is 3. The highest BCUT2D eigenvalue weighted by Gasteiger charge is 2.08. The lowest BCUT2D eigenvalue weighted by Crippen LogP contribution is -2.21. The van der Waals surface area contributed by atoms with Crippen LogP contribution in [0.25, 0.3) is 5.69 Å². The van der Waals surface area contributed by atoms with Crippen molar-refractivity contribution in [1.29, 1.82) is 0 Å². The van der Waals surface area contributed by atoms with Crippen molar-refractivity contribution in [3.8, 4) is 11.4 Å². The first-order valence-electron chi connectivity index (χ1n) is 9.16. The van der Waals surface area contributed by atoms with E-state index in [0.717, 1.165) is 23.4 Å². The van der Waals surface area contributed by atoms with E-state index in [9.17, 15) is 4.79 Å². The summed E-state index contributed by atoms with van der Waals surface area (Å²) in [5.41, 5.74) is 3.84. The van der Waals surface area contributed by atoms with Crippen molar-refractivity contribution >= 4 is 11.6 Å². The van der Waals surface area contributed by atoms with Crippen molar-refractivity contribution in [2.24, 2.45) is 0 Å². The standard InChI is InChI=1S/C22H19N5O2/c28-22(15-29-20-12-10-19(11-13-20)27-16-23-25-26-27)24-21-9-5-4-8-18(21)14-17-6-2-1-3-7-17/h1-13,16H,14-15H2,(H,24,28). The Morgan fingerprint density at radius 3 is 2.45 bits per heavy atom. The van der Waals surface area contributed by atoms with E-state index in [4.69, 9.17) is 4.74 Å². The lowest BCUT2D eigenvalue weighted by atomic mass is 10.0. The number of anilines is 1. The topological polar surface area (TPSA) is 81.9 Å². The molecule has 0 atom stereocenters. The maximum Gasteiger partial charge on any atom is 0.262 e. The van der Waals surface area contributed by atoms with Gasteiger partial charge in [-0.3, -0.25) is 4.79 Å². The number of hydrogen-bond acceptors (Lipinski definition) is 5. The van der Waals surface area contributed by atoms with Crippen LogP contribution in [-0.4, -0.2) is 32.7 Å². The number of rotatable bonds is 7. The molecule has 0 saturated heterocycles. The van der Waals surface area contributed by atoms with E-state index < -0.39 is 0 Å². The molecule has 0 fully saturated rings. The Morgan fingerprint density at radius 2 is 1.69 bits per heavy atom. The molecule has 3 aromatic carbocycles. The minimum Gasteiger partial charge on any atom is -0.484 e. The van der Waals surface area contributed by atoms with Crippen molar-refractivity contribution in [2.45, 2.75) is 6.42 Å². The van der Waals surface area contributed by atoms with Crippen molar-refractivity contribution in [2.75, 3.05) is 11.9 Å². The quantitative estimate of drug-likeness (QED) is 0.528. The Morgan fingerprint density at radius 1 is 0.931 bits per heavy atom. The maximum atomic E-state index is 12.4. The molecule has 0 bridgehead atoms. The molecular formula is C22H19N5O2. The molecule has 1 amide bonds. The SMILES string of the molecule is O=C(COc1ccc(-n2cnnn2)cc1)Nc1ccccc1Cc1ccccc1. The van der Waals surface area contributed by atoms with Crippen LogP contribution in [0, 0.1) is 0 Å². The summed E-state index contributed by atoms with van der Waals surface area (Å²) < 4.78 is 7.14. The molecule has 0 aliphatic rings. The van der Waals surface area contributed by atoms with Gasteiger partial charge >= 0.3 is 0 Å². The highest BCUT2D eigenvalue weighted by atomic mass is 16.5. The molecule has 0 saturated carbocycles. The van der Waals surface area contributed by atoms with E-state index in [1.54, 1.807) is 16.8 Å². The van der Waals surface area contributed by atoms with Gasteiger partial charge in [0.25, 0.3) is 5.91 Å². The van der Waals surface area contributed by atoms with Gasteiger partial charge in [0.1, 0.15) is 12.1 Å². The Kier molecular flexibility index (Phi) is 5.57. The molecule has 0 aliphatic carbocycles. The van der Waals surface area contributed by atoms with Crippen LogP contribution in [0.3, 0.4) is 0 Å². The summed E-state index contributed by atoms with van der Waals surface area (Å²) in [6.45, 7) is -0.0795. The van der Waals surface area contributed by atoms with E-state index in [0.29, 0.717) is 5.75 Å². The van der Waals surface area contributed by atoms with E-state index in [1.807, 2.05) is 54.6 Å². The molecule has 0 unspecified atom stereocenters. The fourth-order valence-electron chi connectivity index (χ4n) is 2.92. The summed E-state index contributed by atoms with van der Waals surface area (Å²) in [5.74, 6) is 0.379. The first-order chi connectivity index (χ1) is 14.3. The van der Waals surface area contributed by atoms with Gasteiger partial charge in [0.15, 0.2) is 6.61 Å². The van der Waals surface area contributed by atoms with Gasteiger partial charge in [0.2, 0.25) is 0 Å². The van der Waals surface area contributed by atoms with Crippen LogP contribution >= 0.6 is 0 Å². The second-order valence-electron chi connectivity index (χ2n) is 6.40. The zero-order chi connectivity index (χ0) is 19.9. The molecule has 1 aromatic heterocycles. The summed E-state index contributed by atoms with van der Waals surface area (Å²) in [6.07, 6.45) is 2.26. The van der Waals surface area contributed by atoms with E-state index in [-0.39, 0.29) is 12.5 Å². The van der Waals surface area contributed by atoms with Crippen LogP contribution in [0.5, 0.6) is 5.75 Å². The zero-order valence-corrected chi connectivity index (χ0v) is 15.6. The third-order valence-corrected chi connectivity index (χ3v) is 4.35. The molecule has 0 spiro atoms. The Labute approximate surface area is 168 Å². The normalized spacial score (nSPS) is 10.5. The summed E-state index contributed by atoms with van der Waals surface area (Å²) in [5, 5.41) is 14.0. The third kappa shape index (κ3) is 4.84. The van der Waals surface area contributed by atoms with E-state index in [1.165, 1.54) is 11.9 Å². The maximum absolute atomic E-state index is 12.4. The monoisotopic (exact) mass is 385 g/mol. The van der Waals surface area contributed by atoms with Gasteiger partial charge in [-0.2, -0.15) is 0 Å². The van der Waals surface area contributed by atoms with Crippen molar-refractivity contribution < 1.29 is 9.53 Å². The average Bonchev–Trinajstić information content (AvgIpc) is 3.30. The number of aromatic nitrogens is 4. The molecular weight excluding hydrogens is 366 g/mol. The molecule has 1 heterocycles. The van der Waals surface area contributed by atoms with E-state index >= 15 is 0 Å². The molecule has 0 aliphatic heterocycles. The molecule has 4 rings (SSSR count). The molecule has 7 heteroatoms. The highest BCUT2D eigenvalue weighted by molar-refractivity contribution is 5.92. The number of ether oxygens (including phenoxy) is 1. The second kappa shape index (κ2) is 8.79. The predicted molar refractivity (Wildman–Crippen MR) is 109 cm³/mol. The van der Waals surface area contributed by atoms with Gasteiger partial charge in [-0.15, -0.1) is 5.10 Å². The van der Waals surface area contributed by atoms with Gasteiger partial charge in [-0.1, -0.05) is 48.5 Å². The number of carbonyl (C=O) groups excluding carboxylic acids is 1. The lowest BCUT2D eigenvalue weighted by molar-refractivity contribution is -0.118. The summed E-state index contributed by atoms with van der Waals surface area (Å²) in [7, 11) is 0. The number of tetrazole rings is 1. The fraction of sp³-hybridized carbons (Fsp3) is 0.0909. The van der Waals surface area contributed by atoms with Crippen molar-refractivity contribution in [3.05, 3.63) is 96.3 Å². The Hall–Kier alpha value is -4.00. The Balaban J connectivity index is 1.35. The van der Waals surface area contributed by atoms with Crippen molar-refractivity contribution in [1.82, 2.24) is 20.2 Å². The first-order valence-corrected chi connectivity index (χ1v) is 9.16. The molecule has 7 nitrogen and oxygen atoms in total. The third-order valence-electron chi connectivity index (χ3n) is 4.35. The van der Waals surface area contributed by atoms with Gasteiger partial charge in [0.05, 0.1) is 5.69 Å². The van der Waals surface area contributed by atoms with Gasteiger partial charge in [-0.25, -0.2) is 4.68 Å². The number of para-hydroxylation sites is 1. The van der Waals surface area contributed by atoms with E-state index in [2.05, 4.69) is 33.0 Å². The first kappa shape index (κ1) is 18.4. The van der Waals surface area contributed by atoms with Gasteiger partial charge in [0, 0.05) is 5.69 Å². The average molecular weight is 385 g/mol. The fourth-order valence-corrected chi connectivity index (χ4v) is 2.92. The molecule has 4 aromatic rings. The summed E-state index contributed by atoms with van der Waals surface area (Å²) >= 11 is 0. The number of carbonyl (C=O) groups is 1. The largest absolute Gasteiger partial charge is 0.484 e. The van der Waals surface area contributed by atoms with Crippen LogP contribution in [0.4, 0.5) is 5.69 Å². The minimum atomic E-state index is -0.213. The van der Waals surface area contributed by atoms with Gasteiger partial charge in [-0.05, 0) is 58.3 Å². The van der Waals surface area contributed by atoms with Crippen LogP contribution in [0.1, 0.15) is 11.1 Å². The highest BCUT2D eigenvalue weighted by Crippen LogP contribution is 2.19. The number of nitrogens with one attached hydrogen (secondary N) is 1. The molecule has 144 valence electrons. The summed E-state index contributed by atoms with van der Waals surface area (Å²) in [4.78, 5) is 12.4. The zero-order valence-electron chi connectivity index (χ0n) is 15.6. The van der Waals surface area contributed by atoms with Crippen LogP contribution in [-0.2, 0) is 11.2 Å². The molecule has 1 N–H and O–H groups in total. The van der Waals surface area contributed by atoms with Crippen molar-refractivity contribution in [3.63, 3.8) is 0 Å². The van der Waals surface area contributed by atoms with Crippen LogP contribution in [0.2, 0.25) is 0 Å². The molecule has 0 radical (unpaired) electrons. The molecule has 29 heavy (non-hydrogen) atoms. The predicted octanol–water partition coefficient (Wildman–Crippen LogP) is 3.27. The summed E-state index contributed by atoms with van der Waals surface area (Å²) in [6, 6.07) is 25.1. The lowest BCUT2D eigenvalue weighted by Gasteiger charge is -2.12. The smallest absolute Gasteiger partial charge is 0.262 e. The minimum absolute atomic E-state index is 0.0795. The van der Waals surface area contributed by atoms with Crippen LogP contribution < -0.4 is 10.1 Å². The number of nitrogens with zero attached hydrogens (tertiary/aromatic N) is 4.